The van der Waals surface area contributed by atoms with Crippen LogP contribution in [-0.2, 0) is 14.8 Å². The maximum absolute atomic E-state index is 12.0. The Kier molecular flexibility index (Phi) is 2.96. The number of carbonyl (C=O) groups excluding carboxylic acids is 1. The van der Waals surface area contributed by atoms with Crippen LogP contribution in [0.3, 0.4) is 0 Å². The van der Waals surface area contributed by atoms with Crippen LogP contribution in [-0.4, -0.2) is 43.0 Å². The van der Waals surface area contributed by atoms with Gasteiger partial charge in [-0.1, -0.05) is 0 Å². The van der Waals surface area contributed by atoms with Gasteiger partial charge in [0.05, 0.1) is 5.25 Å². The standard InChI is InChI=1S/C10H18N2O3S/c1-7(2)16(14,15)12-4-3-9-8(6-12)5-10(13)11-9/h7-9H,3-6H2,1-2H3,(H,11,13)/t8-,9-/m0/s1. The molecule has 0 aromatic heterocycles. The van der Waals surface area contributed by atoms with Gasteiger partial charge in [-0.05, 0) is 20.3 Å². The molecular weight excluding hydrogens is 228 g/mol. The quantitative estimate of drug-likeness (QED) is 0.742. The number of amides is 1. The van der Waals surface area contributed by atoms with Gasteiger partial charge in [-0.25, -0.2) is 12.7 Å². The second-order valence-corrected chi connectivity index (χ2v) is 7.37. The molecule has 1 amide bonds. The minimum absolute atomic E-state index is 0.0544. The van der Waals surface area contributed by atoms with E-state index in [0.29, 0.717) is 19.5 Å². The minimum atomic E-state index is -3.16. The molecular formula is C10H18N2O3S. The summed E-state index contributed by atoms with van der Waals surface area (Å²) in [6.45, 7) is 4.41. The number of rotatable bonds is 2. The van der Waals surface area contributed by atoms with Crippen molar-refractivity contribution < 1.29 is 13.2 Å². The summed E-state index contributed by atoms with van der Waals surface area (Å²) in [4.78, 5) is 11.2. The normalized spacial score (nSPS) is 31.6. The van der Waals surface area contributed by atoms with Gasteiger partial charge in [0.25, 0.3) is 0 Å². The summed E-state index contributed by atoms with van der Waals surface area (Å²) in [5.74, 6) is 0.216. The first-order valence-electron chi connectivity index (χ1n) is 5.69. The molecule has 92 valence electrons. The molecule has 0 radical (unpaired) electrons. The molecule has 0 unspecified atom stereocenters. The lowest BCUT2D eigenvalue weighted by Gasteiger charge is -2.34. The monoisotopic (exact) mass is 246 g/mol. The molecule has 0 spiro atoms. The van der Waals surface area contributed by atoms with Crippen LogP contribution in [0, 0.1) is 5.92 Å². The zero-order valence-electron chi connectivity index (χ0n) is 9.64. The number of fused-ring (bicyclic) bond motifs is 1. The smallest absolute Gasteiger partial charge is 0.220 e. The van der Waals surface area contributed by atoms with Crippen LogP contribution in [0.15, 0.2) is 0 Å². The third kappa shape index (κ3) is 1.96. The first-order valence-corrected chi connectivity index (χ1v) is 7.20. The summed E-state index contributed by atoms with van der Waals surface area (Å²) < 4.78 is 25.5. The van der Waals surface area contributed by atoms with E-state index in [1.165, 1.54) is 0 Å². The van der Waals surface area contributed by atoms with Gasteiger partial charge in [-0.15, -0.1) is 0 Å². The van der Waals surface area contributed by atoms with Crippen molar-refractivity contribution >= 4 is 15.9 Å². The van der Waals surface area contributed by atoms with Crippen molar-refractivity contribution in [2.45, 2.75) is 38.0 Å². The summed E-state index contributed by atoms with van der Waals surface area (Å²) in [6.07, 6.45) is 1.21. The fraction of sp³-hybridized carbons (Fsp3) is 0.900. The van der Waals surface area contributed by atoms with Crippen molar-refractivity contribution in [2.75, 3.05) is 13.1 Å². The highest BCUT2D eigenvalue weighted by molar-refractivity contribution is 7.89. The van der Waals surface area contributed by atoms with E-state index in [9.17, 15) is 13.2 Å². The van der Waals surface area contributed by atoms with E-state index < -0.39 is 10.0 Å². The largest absolute Gasteiger partial charge is 0.353 e. The van der Waals surface area contributed by atoms with Gasteiger partial charge in [0.1, 0.15) is 0 Å². The van der Waals surface area contributed by atoms with Crippen molar-refractivity contribution in [3.05, 3.63) is 0 Å². The Morgan fingerprint density at radius 1 is 1.44 bits per heavy atom. The summed E-state index contributed by atoms with van der Waals surface area (Å²) in [5, 5.41) is 2.52. The molecule has 0 aromatic rings. The molecule has 2 aliphatic rings. The Bertz CT molecular complexity index is 391. The van der Waals surface area contributed by atoms with Gasteiger partial charge in [0.15, 0.2) is 0 Å². The molecule has 0 bridgehead atoms. The van der Waals surface area contributed by atoms with Crippen molar-refractivity contribution in [1.82, 2.24) is 9.62 Å². The Morgan fingerprint density at radius 2 is 2.12 bits per heavy atom. The topological polar surface area (TPSA) is 66.5 Å². The van der Waals surface area contributed by atoms with E-state index in [1.54, 1.807) is 18.2 Å². The molecule has 1 N–H and O–H groups in total. The molecule has 2 rings (SSSR count). The minimum Gasteiger partial charge on any atom is -0.353 e. The molecule has 5 nitrogen and oxygen atoms in total. The van der Waals surface area contributed by atoms with E-state index in [4.69, 9.17) is 0 Å². The van der Waals surface area contributed by atoms with Crippen LogP contribution in [0.25, 0.3) is 0 Å². The lowest BCUT2D eigenvalue weighted by Crippen LogP contribution is -2.48. The van der Waals surface area contributed by atoms with E-state index in [0.717, 1.165) is 6.42 Å². The van der Waals surface area contributed by atoms with Crippen LogP contribution in [0.5, 0.6) is 0 Å². The highest BCUT2D eigenvalue weighted by Gasteiger charge is 2.40. The van der Waals surface area contributed by atoms with E-state index in [2.05, 4.69) is 5.32 Å². The number of nitrogens with zero attached hydrogens (tertiary/aromatic N) is 1. The number of nitrogens with one attached hydrogen (secondary N) is 1. The zero-order chi connectivity index (χ0) is 11.9. The predicted molar refractivity (Wildman–Crippen MR) is 60.3 cm³/mol. The number of hydrogen-bond acceptors (Lipinski definition) is 3. The van der Waals surface area contributed by atoms with Crippen LogP contribution in [0.1, 0.15) is 26.7 Å². The van der Waals surface area contributed by atoms with Gasteiger partial charge >= 0.3 is 0 Å². The van der Waals surface area contributed by atoms with Crippen LogP contribution in [0.2, 0.25) is 0 Å². The lowest BCUT2D eigenvalue weighted by atomic mass is 9.95. The summed E-state index contributed by atoms with van der Waals surface area (Å²) in [7, 11) is -3.16. The molecule has 2 heterocycles. The highest BCUT2D eigenvalue weighted by Crippen LogP contribution is 2.27. The van der Waals surface area contributed by atoms with Gasteiger partial charge in [0, 0.05) is 31.5 Å². The Morgan fingerprint density at radius 3 is 2.75 bits per heavy atom. The number of carbonyl (C=O) groups is 1. The molecule has 0 saturated carbocycles. The van der Waals surface area contributed by atoms with E-state index in [-0.39, 0.29) is 23.1 Å². The Balaban J connectivity index is 2.09. The summed E-state index contributed by atoms with van der Waals surface area (Å²) >= 11 is 0. The third-order valence-corrected chi connectivity index (χ3v) is 5.69. The SMILES string of the molecule is CC(C)S(=O)(=O)N1CC[C@@H]2NC(=O)C[C@H]2C1. The maximum atomic E-state index is 12.0. The number of sulfonamides is 1. The van der Waals surface area contributed by atoms with E-state index in [1.807, 2.05) is 0 Å². The van der Waals surface area contributed by atoms with Crippen LogP contribution >= 0.6 is 0 Å². The molecule has 2 aliphatic heterocycles. The number of hydrogen-bond donors (Lipinski definition) is 1. The van der Waals surface area contributed by atoms with Gasteiger partial charge in [0.2, 0.25) is 15.9 Å². The first-order chi connectivity index (χ1) is 7.41. The lowest BCUT2D eigenvalue weighted by molar-refractivity contribution is -0.119. The molecule has 6 heteroatoms. The van der Waals surface area contributed by atoms with E-state index >= 15 is 0 Å². The second-order valence-electron chi connectivity index (χ2n) is 4.88. The molecule has 2 atom stereocenters. The second kappa shape index (κ2) is 4.00. The van der Waals surface area contributed by atoms with Crippen molar-refractivity contribution in [2.24, 2.45) is 5.92 Å². The Hall–Kier alpha value is -0.620. The van der Waals surface area contributed by atoms with Gasteiger partial charge in [-0.2, -0.15) is 0 Å². The third-order valence-electron chi connectivity index (χ3n) is 3.45. The first kappa shape index (κ1) is 11.9. The average molecular weight is 246 g/mol. The fourth-order valence-electron chi connectivity index (χ4n) is 2.43. The van der Waals surface area contributed by atoms with Crippen LogP contribution in [0.4, 0.5) is 0 Å². The molecule has 0 aromatic carbocycles. The maximum Gasteiger partial charge on any atom is 0.220 e. The zero-order valence-corrected chi connectivity index (χ0v) is 10.5. The Labute approximate surface area is 96.2 Å². The molecule has 2 fully saturated rings. The van der Waals surface area contributed by atoms with Crippen molar-refractivity contribution in [3.63, 3.8) is 0 Å². The summed E-state index contributed by atoms with van der Waals surface area (Å²) in [5.41, 5.74) is 0. The molecule has 0 aliphatic carbocycles. The van der Waals surface area contributed by atoms with Gasteiger partial charge in [-0.3, -0.25) is 4.79 Å². The number of piperidine rings is 1. The highest BCUT2D eigenvalue weighted by atomic mass is 32.2. The fourth-order valence-corrected chi connectivity index (χ4v) is 3.78. The molecule has 2 saturated heterocycles. The molecule has 16 heavy (non-hydrogen) atoms. The summed E-state index contributed by atoms with van der Waals surface area (Å²) in [6, 6.07) is 0.186. The van der Waals surface area contributed by atoms with Crippen molar-refractivity contribution in [1.29, 1.82) is 0 Å². The van der Waals surface area contributed by atoms with Crippen molar-refractivity contribution in [3.8, 4) is 0 Å². The van der Waals surface area contributed by atoms with Gasteiger partial charge < -0.3 is 5.32 Å². The predicted octanol–water partition coefficient (Wildman–Crippen LogP) is -0.0650. The van der Waals surface area contributed by atoms with Crippen LogP contribution < -0.4 is 5.32 Å². The average Bonchev–Trinajstić information content (AvgIpc) is 2.56.